The molecule has 0 fully saturated rings. The van der Waals surface area contributed by atoms with E-state index in [0.29, 0.717) is 18.8 Å². The number of anilines is 1. The van der Waals surface area contributed by atoms with E-state index in [1.54, 1.807) is 6.07 Å². The van der Waals surface area contributed by atoms with Crippen molar-refractivity contribution < 1.29 is 9.53 Å². The first-order valence-electron chi connectivity index (χ1n) is 6.68. The van der Waals surface area contributed by atoms with Crippen LogP contribution in [0.15, 0.2) is 18.2 Å². The highest BCUT2D eigenvalue weighted by molar-refractivity contribution is 5.97. The van der Waals surface area contributed by atoms with Crippen molar-refractivity contribution in [1.82, 2.24) is 4.90 Å². The molecular formula is C15H22N2O2. The summed E-state index contributed by atoms with van der Waals surface area (Å²) in [5, 5.41) is 0. The summed E-state index contributed by atoms with van der Waals surface area (Å²) in [7, 11) is 0. The van der Waals surface area contributed by atoms with Gasteiger partial charge < -0.3 is 15.4 Å². The largest absolute Gasteiger partial charge is 0.399 e. The van der Waals surface area contributed by atoms with Crippen LogP contribution in [0.4, 0.5) is 5.69 Å². The van der Waals surface area contributed by atoms with Crippen molar-refractivity contribution in [2.24, 2.45) is 0 Å². The predicted octanol–water partition coefficient (Wildman–Crippen LogP) is 2.08. The number of ether oxygens (including phenoxy) is 1. The van der Waals surface area contributed by atoms with Crippen molar-refractivity contribution in [1.29, 1.82) is 0 Å². The molecule has 4 nitrogen and oxygen atoms in total. The Hall–Kier alpha value is -1.55. The summed E-state index contributed by atoms with van der Waals surface area (Å²) in [5.41, 5.74) is 8.05. The topological polar surface area (TPSA) is 55.6 Å². The van der Waals surface area contributed by atoms with E-state index in [2.05, 4.69) is 0 Å². The van der Waals surface area contributed by atoms with E-state index in [9.17, 15) is 4.79 Å². The zero-order valence-electron chi connectivity index (χ0n) is 11.9. The van der Waals surface area contributed by atoms with Crippen LogP contribution in [0.2, 0.25) is 0 Å². The number of nitrogens with two attached hydrogens (primary N) is 1. The molecule has 0 aromatic heterocycles. The molecule has 1 aromatic rings. The average Bonchev–Trinajstić information content (AvgIpc) is 2.31. The molecule has 1 heterocycles. The molecule has 1 aromatic carbocycles. The molecule has 104 valence electrons. The van der Waals surface area contributed by atoms with Crippen LogP contribution in [-0.2, 0) is 11.2 Å². The first-order valence-corrected chi connectivity index (χ1v) is 6.68. The molecule has 0 bridgehead atoms. The highest BCUT2D eigenvalue weighted by Crippen LogP contribution is 2.21. The zero-order valence-corrected chi connectivity index (χ0v) is 11.9. The van der Waals surface area contributed by atoms with Gasteiger partial charge in [-0.05, 0) is 44.9 Å². The molecule has 0 spiro atoms. The number of amides is 1. The molecule has 0 aliphatic carbocycles. The number of fused-ring (bicyclic) bond motifs is 1. The van der Waals surface area contributed by atoms with E-state index >= 15 is 0 Å². The van der Waals surface area contributed by atoms with Gasteiger partial charge in [0.15, 0.2) is 0 Å². The molecule has 2 rings (SSSR count). The first kappa shape index (κ1) is 13.9. The number of hydrogen-bond acceptors (Lipinski definition) is 3. The van der Waals surface area contributed by atoms with Crippen molar-refractivity contribution in [3.63, 3.8) is 0 Å². The van der Waals surface area contributed by atoms with Crippen LogP contribution in [0, 0.1) is 0 Å². The van der Waals surface area contributed by atoms with Crippen molar-refractivity contribution in [3.05, 3.63) is 29.3 Å². The van der Waals surface area contributed by atoms with Crippen LogP contribution in [0.1, 0.15) is 36.7 Å². The van der Waals surface area contributed by atoms with Gasteiger partial charge in [-0.3, -0.25) is 4.79 Å². The number of nitrogens with zero attached hydrogens (tertiary/aromatic N) is 1. The first-order chi connectivity index (χ1) is 8.87. The minimum Gasteiger partial charge on any atom is -0.399 e. The van der Waals surface area contributed by atoms with Crippen LogP contribution in [-0.4, -0.2) is 36.1 Å². The Labute approximate surface area is 114 Å². The van der Waals surface area contributed by atoms with Crippen molar-refractivity contribution in [2.75, 3.05) is 25.4 Å². The number of rotatable bonds is 3. The van der Waals surface area contributed by atoms with Crippen molar-refractivity contribution in [3.8, 4) is 0 Å². The molecule has 0 radical (unpaired) electrons. The number of carbonyl (C=O) groups excluding carboxylic acids is 1. The molecule has 19 heavy (non-hydrogen) atoms. The normalized spacial score (nSPS) is 15.5. The number of carbonyl (C=O) groups is 1. The summed E-state index contributed by atoms with van der Waals surface area (Å²) in [5.74, 6) is 0.0612. The van der Waals surface area contributed by atoms with Gasteiger partial charge in [0.1, 0.15) is 0 Å². The monoisotopic (exact) mass is 262 g/mol. The summed E-state index contributed by atoms with van der Waals surface area (Å²) in [4.78, 5) is 14.2. The summed E-state index contributed by atoms with van der Waals surface area (Å²) in [6.45, 7) is 7.99. The fourth-order valence-corrected chi connectivity index (χ4v) is 2.21. The van der Waals surface area contributed by atoms with Crippen LogP contribution in [0.5, 0.6) is 0 Å². The van der Waals surface area contributed by atoms with Gasteiger partial charge in [-0.15, -0.1) is 0 Å². The van der Waals surface area contributed by atoms with E-state index in [1.807, 2.05) is 37.8 Å². The molecule has 0 saturated carbocycles. The maximum Gasteiger partial charge on any atom is 0.254 e. The van der Waals surface area contributed by atoms with E-state index in [-0.39, 0.29) is 11.5 Å². The molecule has 0 atom stereocenters. The number of nitrogen functional groups attached to an aromatic ring is 1. The summed E-state index contributed by atoms with van der Waals surface area (Å²) < 4.78 is 5.67. The smallest absolute Gasteiger partial charge is 0.254 e. The maximum absolute atomic E-state index is 12.3. The third-order valence-electron chi connectivity index (χ3n) is 3.20. The number of benzene rings is 1. The average molecular weight is 262 g/mol. The molecule has 1 aliphatic heterocycles. The third-order valence-corrected chi connectivity index (χ3v) is 3.20. The molecule has 4 heteroatoms. The molecule has 1 amide bonds. The molecule has 0 unspecified atom stereocenters. The van der Waals surface area contributed by atoms with Gasteiger partial charge in [0.2, 0.25) is 0 Å². The van der Waals surface area contributed by atoms with Gasteiger partial charge in [-0.25, -0.2) is 0 Å². The second-order valence-electron chi connectivity index (χ2n) is 5.92. The molecule has 0 saturated heterocycles. The zero-order chi connectivity index (χ0) is 14.0. The summed E-state index contributed by atoms with van der Waals surface area (Å²) in [6, 6.07) is 5.57. The Morgan fingerprint density at radius 3 is 2.79 bits per heavy atom. The van der Waals surface area contributed by atoms with Gasteiger partial charge in [-0.2, -0.15) is 0 Å². The quantitative estimate of drug-likeness (QED) is 0.849. The van der Waals surface area contributed by atoms with Crippen LogP contribution >= 0.6 is 0 Å². The minimum atomic E-state index is -0.166. The highest BCUT2D eigenvalue weighted by Gasteiger charge is 2.24. The lowest BCUT2D eigenvalue weighted by Crippen LogP contribution is -2.40. The Kier molecular flexibility index (Phi) is 3.80. The Morgan fingerprint density at radius 2 is 2.11 bits per heavy atom. The third kappa shape index (κ3) is 3.47. The lowest BCUT2D eigenvalue weighted by Gasteiger charge is -2.30. The van der Waals surface area contributed by atoms with Gasteiger partial charge in [0, 0.05) is 24.3 Å². The lowest BCUT2D eigenvalue weighted by atomic mass is 9.98. The van der Waals surface area contributed by atoms with Crippen LogP contribution in [0.25, 0.3) is 0 Å². The predicted molar refractivity (Wildman–Crippen MR) is 76.2 cm³/mol. The Morgan fingerprint density at radius 1 is 1.37 bits per heavy atom. The molecular weight excluding hydrogens is 240 g/mol. The lowest BCUT2D eigenvalue weighted by molar-refractivity contribution is -0.0121. The van der Waals surface area contributed by atoms with Crippen molar-refractivity contribution in [2.45, 2.75) is 32.8 Å². The van der Waals surface area contributed by atoms with E-state index in [4.69, 9.17) is 10.5 Å². The molecule has 1 aliphatic rings. The highest BCUT2D eigenvalue weighted by atomic mass is 16.5. The van der Waals surface area contributed by atoms with Gasteiger partial charge in [0.05, 0.1) is 12.2 Å². The second-order valence-corrected chi connectivity index (χ2v) is 5.92. The van der Waals surface area contributed by atoms with E-state index in [1.165, 1.54) is 0 Å². The molecule has 2 N–H and O–H groups in total. The maximum atomic E-state index is 12.3. The Balaban J connectivity index is 2.01. The fourth-order valence-electron chi connectivity index (χ4n) is 2.21. The van der Waals surface area contributed by atoms with Crippen LogP contribution in [0.3, 0.4) is 0 Å². The standard InChI is InChI=1S/C15H22N2O2/c1-15(2,3)19-9-8-17-7-6-11-4-5-12(16)10-13(11)14(17)18/h4-5,10H,6-9,16H2,1-3H3. The number of hydrogen-bond donors (Lipinski definition) is 1. The van der Waals surface area contributed by atoms with E-state index in [0.717, 1.165) is 24.1 Å². The summed E-state index contributed by atoms with van der Waals surface area (Å²) >= 11 is 0. The van der Waals surface area contributed by atoms with Gasteiger partial charge in [0.25, 0.3) is 5.91 Å². The van der Waals surface area contributed by atoms with Gasteiger partial charge in [-0.1, -0.05) is 6.07 Å². The Bertz CT molecular complexity index is 478. The van der Waals surface area contributed by atoms with Crippen LogP contribution < -0.4 is 5.73 Å². The SMILES string of the molecule is CC(C)(C)OCCN1CCc2ccc(N)cc2C1=O. The fraction of sp³-hybridized carbons (Fsp3) is 0.533. The summed E-state index contributed by atoms with van der Waals surface area (Å²) in [6.07, 6.45) is 0.886. The van der Waals surface area contributed by atoms with Gasteiger partial charge >= 0.3 is 0 Å². The minimum absolute atomic E-state index is 0.0612. The second kappa shape index (κ2) is 5.21. The van der Waals surface area contributed by atoms with E-state index < -0.39 is 0 Å². The van der Waals surface area contributed by atoms with Crippen molar-refractivity contribution >= 4 is 11.6 Å².